The quantitative estimate of drug-likeness (QED) is 0.104. The summed E-state index contributed by atoms with van der Waals surface area (Å²) in [6.45, 7) is 13.9. The number of unbranched alkanes of at least 4 members (excludes halogenated alkanes) is 8. The highest BCUT2D eigenvalue weighted by Crippen LogP contribution is 2.34. The van der Waals surface area contributed by atoms with E-state index in [2.05, 4.69) is 34.3 Å². The van der Waals surface area contributed by atoms with Crippen molar-refractivity contribution in [3.8, 4) is 0 Å². The third kappa shape index (κ3) is 10.5. The number of rotatable bonds is 18. The van der Waals surface area contributed by atoms with E-state index in [0.717, 1.165) is 11.6 Å². The van der Waals surface area contributed by atoms with Gasteiger partial charge in [0.2, 0.25) is 0 Å². The van der Waals surface area contributed by atoms with Crippen molar-refractivity contribution in [2.24, 2.45) is 0 Å². The first-order valence-corrected chi connectivity index (χ1v) is 14.1. The van der Waals surface area contributed by atoms with Gasteiger partial charge in [-0.25, -0.2) is 4.79 Å². The van der Waals surface area contributed by atoms with E-state index in [1.807, 2.05) is 0 Å². The minimum absolute atomic E-state index is 0.0754. The van der Waals surface area contributed by atoms with E-state index in [-0.39, 0.29) is 5.97 Å². The van der Waals surface area contributed by atoms with Gasteiger partial charge in [0.05, 0.1) is 14.7 Å². The Morgan fingerprint density at radius 1 is 0.692 bits per heavy atom. The minimum atomic E-state index is -1.78. The molecular formula is C23H46O2Si. The second-order valence-electron chi connectivity index (χ2n) is 7.97. The van der Waals surface area contributed by atoms with Crippen LogP contribution < -0.4 is 0 Å². The molecule has 0 aliphatic heterocycles. The molecule has 0 aromatic rings. The lowest BCUT2D eigenvalue weighted by Gasteiger charge is -2.33. The summed E-state index contributed by atoms with van der Waals surface area (Å²) in [5.41, 5.74) is 0. The highest BCUT2D eigenvalue weighted by Gasteiger charge is 2.38. The van der Waals surface area contributed by atoms with E-state index in [9.17, 15) is 4.79 Å². The van der Waals surface area contributed by atoms with E-state index in [4.69, 9.17) is 4.74 Å². The average molecular weight is 383 g/mol. The summed E-state index contributed by atoms with van der Waals surface area (Å²) in [6.07, 6.45) is 14.6. The Balaban J connectivity index is 4.66. The van der Waals surface area contributed by atoms with Crippen LogP contribution >= 0.6 is 0 Å². The van der Waals surface area contributed by atoms with Crippen LogP contribution in [-0.4, -0.2) is 20.7 Å². The van der Waals surface area contributed by atoms with E-state index in [0.29, 0.717) is 6.61 Å². The smallest absolute Gasteiger partial charge is 0.329 e. The van der Waals surface area contributed by atoms with Crippen LogP contribution in [-0.2, 0) is 9.53 Å². The number of carbonyl (C=O) groups is 1. The average Bonchev–Trinajstić information content (AvgIpc) is 2.66. The molecule has 0 aliphatic carbocycles. The van der Waals surface area contributed by atoms with E-state index in [1.165, 1.54) is 88.8 Å². The van der Waals surface area contributed by atoms with Crippen LogP contribution in [0.3, 0.4) is 0 Å². The Hall–Kier alpha value is -0.573. The minimum Gasteiger partial charge on any atom is -0.463 e. The van der Waals surface area contributed by atoms with E-state index >= 15 is 0 Å². The van der Waals surface area contributed by atoms with Crippen molar-refractivity contribution in [1.82, 2.24) is 0 Å². The maximum atomic E-state index is 12.7. The van der Waals surface area contributed by atoms with Crippen molar-refractivity contribution in [1.29, 1.82) is 0 Å². The largest absolute Gasteiger partial charge is 0.463 e. The summed E-state index contributed by atoms with van der Waals surface area (Å²) >= 11 is 0. The molecule has 0 bridgehead atoms. The molecule has 0 atom stereocenters. The van der Waals surface area contributed by atoms with Gasteiger partial charge in [-0.15, -0.1) is 0 Å². The molecule has 0 saturated carbocycles. The number of ether oxygens (including phenoxy) is 1. The van der Waals surface area contributed by atoms with Crippen LogP contribution in [0.4, 0.5) is 0 Å². The molecule has 3 heteroatoms. The zero-order valence-corrected chi connectivity index (χ0v) is 19.3. The Morgan fingerprint density at radius 3 is 1.58 bits per heavy atom. The highest BCUT2D eigenvalue weighted by atomic mass is 28.3. The number of hydrogen-bond donors (Lipinski definition) is 0. The molecular weight excluding hydrogens is 336 g/mol. The summed E-state index contributed by atoms with van der Waals surface area (Å²) < 4.78 is 5.65. The van der Waals surface area contributed by atoms with Gasteiger partial charge in [-0.1, -0.05) is 123 Å². The zero-order chi connectivity index (χ0) is 19.7. The Morgan fingerprint density at radius 2 is 1.12 bits per heavy atom. The summed E-state index contributed by atoms with van der Waals surface area (Å²) in [6, 6.07) is 3.65. The molecule has 26 heavy (non-hydrogen) atoms. The molecule has 0 heterocycles. The standard InChI is InChI=1S/C23H46O2Si/c1-6-10-14-15-16-17-18-25-23(24)22(5)26(19-11-7-2,20-12-8-3)21-13-9-4/h5-21H2,1-4H3. The highest BCUT2D eigenvalue weighted by molar-refractivity contribution is 6.90. The van der Waals surface area contributed by atoms with Gasteiger partial charge < -0.3 is 4.74 Å². The maximum Gasteiger partial charge on any atom is 0.329 e. The molecule has 0 aromatic carbocycles. The van der Waals surface area contributed by atoms with Gasteiger partial charge in [-0.05, 0) is 6.42 Å². The fourth-order valence-corrected chi connectivity index (χ4v) is 8.98. The molecule has 0 spiro atoms. The summed E-state index contributed by atoms with van der Waals surface area (Å²) in [5, 5.41) is 0.888. The molecule has 0 fully saturated rings. The van der Waals surface area contributed by atoms with Gasteiger partial charge in [0, 0.05) is 5.20 Å². The molecule has 0 aliphatic rings. The van der Waals surface area contributed by atoms with Gasteiger partial charge in [-0.3, -0.25) is 0 Å². The molecule has 0 rings (SSSR count). The van der Waals surface area contributed by atoms with Crippen LogP contribution in [0.5, 0.6) is 0 Å². The lowest BCUT2D eigenvalue weighted by molar-refractivity contribution is -0.138. The monoisotopic (exact) mass is 382 g/mol. The normalized spacial score (nSPS) is 11.5. The molecule has 0 saturated heterocycles. The first-order chi connectivity index (χ1) is 12.6. The van der Waals surface area contributed by atoms with E-state index < -0.39 is 8.07 Å². The van der Waals surface area contributed by atoms with Crippen LogP contribution in [0, 0.1) is 0 Å². The summed E-state index contributed by atoms with van der Waals surface area (Å²) in [5.74, 6) is -0.0754. The van der Waals surface area contributed by atoms with Gasteiger partial charge in [0.25, 0.3) is 0 Å². The Kier molecular flexibility index (Phi) is 16.2. The number of carbonyl (C=O) groups excluding carboxylic acids is 1. The van der Waals surface area contributed by atoms with Crippen molar-refractivity contribution < 1.29 is 9.53 Å². The van der Waals surface area contributed by atoms with Gasteiger partial charge in [-0.2, -0.15) is 0 Å². The van der Waals surface area contributed by atoms with Gasteiger partial charge in [0.15, 0.2) is 0 Å². The maximum absolute atomic E-state index is 12.7. The van der Waals surface area contributed by atoms with E-state index in [1.54, 1.807) is 0 Å². The van der Waals surface area contributed by atoms with Crippen LogP contribution in [0.2, 0.25) is 18.1 Å². The number of esters is 1. The first-order valence-electron chi connectivity index (χ1n) is 11.4. The number of hydrogen-bond acceptors (Lipinski definition) is 2. The third-order valence-electron chi connectivity index (χ3n) is 5.64. The fraction of sp³-hybridized carbons (Fsp3) is 0.870. The fourth-order valence-electron chi connectivity index (χ4n) is 3.72. The van der Waals surface area contributed by atoms with Crippen LogP contribution in [0.25, 0.3) is 0 Å². The molecule has 2 nitrogen and oxygen atoms in total. The Bertz CT molecular complexity index is 343. The molecule has 154 valence electrons. The molecule has 0 amide bonds. The first kappa shape index (κ1) is 25.4. The molecule has 0 aromatic heterocycles. The topological polar surface area (TPSA) is 26.3 Å². The molecule has 0 unspecified atom stereocenters. The lowest BCUT2D eigenvalue weighted by Crippen LogP contribution is -2.40. The predicted molar refractivity (Wildman–Crippen MR) is 118 cm³/mol. The molecule has 0 N–H and O–H groups in total. The van der Waals surface area contributed by atoms with Gasteiger partial charge in [0.1, 0.15) is 0 Å². The van der Waals surface area contributed by atoms with Crippen LogP contribution in [0.15, 0.2) is 11.8 Å². The second-order valence-corrected chi connectivity index (χ2v) is 12.6. The summed E-state index contributed by atoms with van der Waals surface area (Å²) in [4.78, 5) is 12.7. The van der Waals surface area contributed by atoms with Gasteiger partial charge >= 0.3 is 5.97 Å². The SMILES string of the molecule is C=C(C(=O)OCCCCCCCC)[Si](CCCC)(CCCC)CCCC. The molecule has 0 radical (unpaired) electrons. The van der Waals surface area contributed by atoms with Crippen molar-refractivity contribution in [2.75, 3.05) is 6.61 Å². The van der Waals surface area contributed by atoms with Crippen molar-refractivity contribution in [3.05, 3.63) is 11.8 Å². The van der Waals surface area contributed by atoms with Crippen LogP contribution in [0.1, 0.15) is 105 Å². The zero-order valence-electron chi connectivity index (χ0n) is 18.3. The lowest BCUT2D eigenvalue weighted by atomic mass is 10.1. The Labute approximate surface area is 165 Å². The van der Waals surface area contributed by atoms with Crippen molar-refractivity contribution in [2.45, 2.75) is 123 Å². The van der Waals surface area contributed by atoms with Crippen molar-refractivity contribution >= 4 is 14.0 Å². The van der Waals surface area contributed by atoms with Crippen molar-refractivity contribution in [3.63, 3.8) is 0 Å². The predicted octanol–water partition coefficient (Wildman–Crippen LogP) is 7.83. The second kappa shape index (κ2) is 16.6. The summed E-state index contributed by atoms with van der Waals surface area (Å²) in [7, 11) is -1.78. The third-order valence-corrected chi connectivity index (χ3v) is 11.1.